The predicted molar refractivity (Wildman–Crippen MR) is 112 cm³/mol. The van der Waals surface area contributed by atoms with Gasteiger partial charge in [0.2, 0.25) is 21.7 Å². The minimum atomic E-state index is -3.71. The number of hydrogen-bond acceptors (Lipinski definition) is 6. The Labute approximate surface area is 179 Å². The Bertz CT molecular complexity index is 1350. The van der Waals surface area contributed by atoms with Crippen LogP contribution in [0.25, 0.3) is 11.5 Å². The van der Waals surface area contributed by atoms with Crippen molar-refractivity contribution >= 4 is 15.8 Å². The van der Waals surface area contributed by atoms with Gasteiger partial charge in [-0.1, -0.05) is 30.3 Å². The number of pyridine rings is 1. The summed E-state index contributed by atoms with van der Waals surface area (Å²) in [4.78, 5) is 21.2. The summed E-state index contributed by atoms with van der Waals surface area (Å²) < 4.78 is 32.9. The summed E-state index contributed by atoms with van der Waals surface area (Å²) in [5.74, 6) is 0.242. The SMILES string of the molecule is O=C(c1ccccc1)c1cc2c(cn1)CN(S(=O)(=O)c1ccc(-c3ncco3)cc1)C2. The molecule has 154 valence electrons. The van der Waals surface area contributed by atoms with Crippen LogP contribution in [0.5, 0.6) is 0 Å². The number of aromatic nitrogens is 2. The summed E-state index contributed by atoms with van der Waals surface area (Å²) in [6.07, 6.45) is 4.59. The summed E-state index contributed by atoms with van der Waals surface area (Å²) in [6.45, 7) is 0.405. The van der Waals surface area contributed by atoms with Gasteiger partial charge in [0.15, 0.2) is 0 Å². The second kappa shape index (κ2) is 7.57. The van der Waals surface area contributed by atoms with Crippen LogP contribution in [-0.4, -0.2) is 28.5 Å². The lowest BCUT2D eigenvalue weighted by molar-refractivity contribution is 0.103. The van der Waals surface area contributed by atoms with E-state index in [1.165, 1.54) is 16.8 Å². The number of nitrogens with zero attached hydrogens (tertiary/aromatic N) is 3. The molecule has 0 radical (unpaired) electrons. The van der Waals surface area contributed by atoms with Crippen molar-refractivity contribution in [1.29, 1.82) is 0 Å². The lowest BCUT2D eigenvalue weighted by atomic mass is 10.1. The van der Waals surface area contributed by atoms with E-state index in [2.05, 4.69) is 9.97 Å². The second-order valence-corrected chi connectivity index (χ2v) is 9.11. The standard InChI is InChI=1S/C23H17N3O4S/c27-22(16-4-2-1-3-5-16)21-12-18-14-26(15-19(18)13-25-21)31(28,29)20-8-6-17(7-9-20)23-24-10-11-30-23/h1-13H,14-15H2. The Kier molecular flexibility index (Phi) is 4.72. The van der Waals surface area contributed by atoms with Crippen LogP contribution in [0.2, 0.25) is 0 Å². The van der Waals surface area contributed by atoms with E-state index in [0.717, 1.165) is 11.1 Å². The summed E-state index contributed by atoms with van der Waals surface area (Å²) >= 11 is 0. The molecular weight excluding hydrogens is 414 g/mol. The zero-order valence-corrected chi connectivity index (χ0v) is 17.1. The minimum absolute atomic E-state index is 0.184. The highest BCUT2D eigenvalue weighted by molar-refractivity contribution is 7.89. The second-order valence-electron chi connectivity index (χ2n) is 7.17. The molecule has 31 heavy (non-hydrogen) atoms. The molecular formula is C23H17N3O4S. The van der Waals surface area contributed by atoms with Crippen molar-refractivity contribution in [2.75, 3.05) is 0 Å². The smallest absolute Gasteiger partial charge is 0.243 e. The molecule has 4 aromatic rings. The molecule has 0 saturated heterocycles. The monoisotopic (exact) mass is 431 g/mol. The maximum atomic E-state index is 13.1. The van der Waals surface area contributed by atoms with Gasteiger partial charge in [0.1, 0.15) is 12.0 Å². The molecule has 1 aliphatic heterocycles. The first-order chi connectivity index (χ1) is 15.0. The molecule has 1 aliphatic rings. The van der Waals surface area contributed by atoms with Crippen LogP contribution >= 0.6 is 0 Å². The quantitative estimate of drug-likeness (QED) is 0.448. The van der Waals surface area contributed by atoms with Gasteiger partial charge in [-0.15, -0.1) is 0 Å². The van der Waals surface area contributed by atoms with Crippen molar-refractivity contribution in [3.05, 3.63) is 102 Å². The Morgan fingerprint density at radius 3 is 2.39 bits per heavy atom. The van der Waals surface area contributed by atoms with Gasteiger partial charge in [0.25, 0.3) is 0 Å². The molecule has 0 atom stereocenters. The Morgan fingerprint density at radius 1 is 0.935 bits per heavy atom. The Balaban J connectivity index is 1.38. The highest BCUT2D eigenvalue weighted by Crippen LogP contribution is 2.30. The molecule has 7 nitrogen and oxygen atoms in total. The van der Waals surface area contributed by atoms with E-state index in [4.69, 9.17) is 4.42 Å². The zero-order valence-electron chi connectivity index (χ0n) is 16.3. The number of fused-ring (bicyclic) bond motifs is 1. The number of ketones is 1. The lowest BCUT2D eigenvalue weighted by Crippen LogP contribution is -2.25. The average Bonchev–Trinajstić information content (AvgIpc) is 3.49. The van der Waals surface area contributed by atoms with Crippen LogP contribution in [-0.2, 0) is 23.1 Å². The normalized spacial score (nSPS) is 13.8. The first-order valence-corrected chi connectivity index (χ1v) is 11.0. The summed E-state index contributed by atoms with van der Waals surface area (Å²) in [5.41, 5.74) is 3.13. The van der Waals surface area contributed by atoms with Gasteiger partial charge < -0.3 is 4.42 Å². The van der Waals surface area contributed by atoms with Crippen LogP contribution in [0.15, 0.2) is 88.6 Å². The van der Waals surface area contributed by atoms with Gasteiger partial charge >= 0.3 is 0 Å². The van der Waals surface area contributed by atoms with Crippen LogP contribution in [0.1, 0.15) is 27.2 Å². The average molecular weight is 431 g/mol. The molecule has 3 heterocycles. The van der Waals surface area contributed by atoms with Crippen LogP contribution in [0.4, 0.5) is 0 Å². The van der Waals surface area contributed by atoms with Crippen molar-refractivity contribution in [1.82, 2.24) is 14.3 Å². The largest absolute Gasteiger partial charge is 0.445 e. The molecule has 2 aromatic carbocycles. The van der Waals surface area contributed by atoms with Crippen molar-refractivity contribution in [3.63, 3.8) is 0 Å². The van der Waals surface area contributed by atoms with E-state index >= 15 is 0 Å². The molecule has 0 aliphatic carbocycles. The first kappa shape index (κ1) is 19.3. The first-order valence-electron chi connectivity index (χ1n) is 9.60. The van der Waals surface area contributed by atoms with Gasteiger partial charge in [-0.2, -0.15) is 4.31 Å². The third kappa shape index (κ3) is 3.56. The highest BCUT2D eigenvalue weighted by Gasteiger charge is 2.31. The molecule has 0 saturated carbocycles. The van der Waals surface area contributed by atoms with Crippen LogP contribution in [0, 0.1) is 0 Å². The molecule has 0 unspecified atom stereocenters. The molecule has 8 heteroatoms. The fourth-order valence-corrected chi connectivity index (χ4v) is 4.96. The molecule has 0 amide bonds. The third-order valence-electron chi connectivity index (χ3n) is 5.22. The van der Waals surface area contributed by atoms with E-state index in [9.17, 15) is 13.2 Å². The van der Waals surface area contributed by atoms with Gasteiger partial charge in [-0.3, -0.25) is 9.78 Å². The van der Waals surface area contributed by atoms with E-state index in [1.807, 2.05) is 6.07 Å². The van der Waals surface area contributed by atoms with Crippen LogP contribution < -0.4 is 0 Å². The van der Waals surface area contributed by atoms with Crippen LogP contribution in [0.3, 0.4) is 0 Å². The van der Waals surface area contributed by atoms with Crippen molar-refractivity contribution in [2.45, 2.75) is 18.0 Å². The number of oxazole rings is 1. The topological polar surface area (TPSA) is 93.4 Å². The lowest BCUT2D eigenvalue weighted by Gasteiger charge is -2.15. The molecule has 5 rings (SSSR count). The number of carbonyl (C=O) groups excluding carboxylic acids is 1. The highest BCUT2D eigenvalue weighted by atomic mass is 32.2. The molecule has 0 spiro atoms. The Morgan fingerprint density at radius 2 is 1.68 bits per heavy atom. The van der Waals surface area contributed by atoms with Crippen molar-refractivity contribution in [2.24, 2.45) is 0 Å². The van der Waals surface area contributed by atoms with E-state index < -0.39 is 10.0 Å². The Hall–Kier alpha value is -3.62. The fraction of sp³-hybridized carbons (Fsp3) is 0.0870. The van der Waals surface area contributed by atoms with Gasteiger partial charge in [0, 0.05) is 30.4 Å². The summed E-state index contributed by atoms with van der Waals surface area (Å²) in [7, 11) is -3.71. The van der Waals surface area contributed by atoms with Crippen molar-refractivity contribution in [3.8, 4) is 11.5 Å². The summed E-state index contributed by atoms with van der Waals surface area (Å²) in [5, 5.41) is 0. The third-order valence-corrected chi connectivity index (χ3v) is 7.02. The van der Waals surface area contributed by atoms with E-state index in [-0.39, 0.29) is 23.8 Å². The number of benzene rings is 2. The molecule has 0 fully saturated rings. The number of carbonyl (C=O) groups is 1. The number of hydrogen-bond donors (Lipinski definition) is 0. The van der Waals surface area contributed by atoms with E-state index in [0.29, 0.717) is 22.7 Å². The minimum Gasteiger partial charge on any atom is -0.445 e. The summed E-state index contributed by atoms with van der Waals surface area (Å²) in [6, 6.07) is 17.0. The van der Waals surface area contributed by atoms with E-state index in [1.54, 1.807) is 60.8 Å². The maximum Gasteiger partial charge on any atom is 0.243 e. The number of sulfonamides is 1. The number of rotatable bonds is 5. The predicted octanol–water partition coefficient (Wildman–Crippen LogP) is 3.67. The molecule has 0 bridgehead atoms. The van der Waals surface area contributed by atoms with Gasteiger partial charge in [-0.25, -0.2) is 13.4 Å². The zero-order chi connectivity index (χ0) is 21.4. The molecule has 2 aromatic heterocycles. The van der Waals surface area contributed by atoms with Gasteiger partial charge in [0.05, 0.1) is 11.1 Å². The maximum absolute atomic E-state index is 13.1. The van der Waals surface area contributed by atoms with Gasteiger partial charge in [-0.05, 0) is 41.5 Å². The fourth-order valence-electron chi connectivity index (χ4n) is 3.57. The van der Waals surface area contributed by atoms with Crippen molar-refractivity contribution < 1.29 is 17.6 Å². The molecule has 0 N–H and O–H groups in total.